The average Bonchev–Trinajstić information content (AvgIpc) is 2.82. The Hall–Kier alpha value is -3.42. The first kappa shape index (κ1) is 24.2. The zero-order valence-corrected chi connectivity index (χ0v) is 19.1. The fourth-order valence-electron chi connectivity index (χ4n) is 3.95. The summed E-state index contributed by atoms with van der Waals surface area (Å²) in [4.78, 5) is 40.2. The molecule has 2 aromatic carbocycles. The average molecular weight is 456 g/mol. The van der Waals surface area contributed by atoms with Crippen molar-refractivity contribution in [1.82, 2.24) is 15.5 Å². The van der Waals surface area contributed by atoms with Crippen molar-refractivity contribution in [2.24, 2.45) is 5.92 Å². The molecule has 7 nitrogen and oxygen atoms in total. The van der Waals surface area contributed by atoms with Crippen molar-refractivity contribution in [3.8, 4) is 5.75 Å². The number of nitrogens with one attached hydrogen (secondary N) is 2. The van der Waals surface area contributed by atoms with E-state index in [9.17, 15) is 18.8 Å². The number of carbonyl (C=O) groups is 3. The zero-order valence-electron chi connectivity index (χ0n) is 19.1. The highest BCUT2D eigenvalue weighted by Crippen LogP contribution is 2.23. The lowest BCUT2D eigenvalue weighted by Gasteiger charge is -2.36. The highest BCUT2D eigenvalue weighted by molar-refractivity contribution is 5.98. The molecule has 3 rings (SSSR count). The lowest BCUT2D eigenvalue weighted by atomic mass is 9.88. The van der Waals surface area contributed by atoms with Crippen molar-refractivity contribution in [3.63, 3.8) is 0 Å². The normalized spacial score (nSPS) is 15.1. The molecule has 2 aromatic rings. The van der Waals surface area contributed by atoms with E-state index in [1.165, 1.54) is 24.3 Å². The molecule has 2 N–H and O–H groups in total. The van der Waals surface area contributed by atoms with E-state index in [1.807, 2.05) is 13.8 Å². The highest BCUT2D eigenvalue weighted by atomic mass is 19.1. The number of hydrogen-bond acceptors (Lipinski definition) is 4. The molecule has 1 aliphatic rings. The molecule has 0 saturated carbocycles. The third-order valence-corrected chi connectivity index (χ3v) is 5.74. The highest BCUT2D eigenvalue weighted by Gasteiger charge is 2.34. The summed E-state index contributed by atoms with van der Waals surface area (Å²) in [5.41, 5.74) is 0.860. The number of likely N-dealkylation sites (tertiary alicyclic amines) is 1. The topological polar surface area (TPSA) is 87.7 Å². The minimum atomic E-state index is -0.718. The molecule has 0 spiro atoms. The second kappa shape index (κ2) is 10.9. The quantitative estimate of drug-likeness (QED) is 0.672. The van der Waals surface area contributed by atoms with Crippen molar-refractivity contribution in [3.05, 3.63) is 65.5 Å². The lowest BCUT2D eigenvalue weighted by Crippen LogP contribution is -2.54. The molecule has 0 aromatic heterocycles. The molecule has 176 valence electrons. The summed E-state index contributed by atoms with van der Waals surface area (Å²) in [6.07, 6.45) is 1.12. The first-order valence-corrected chi connectivity index (χ1v) is 11.1. The van der Waals surface area contributed by atoms with Gasteiger partial charge < -0.3 is 20.3 Å². The first-order chi connectivity index (χ1) is 15.8. The van der Waals surface area contributed by atoms with Gasteiger partial charge in [0.1, 0.15) is 17.6 Å². The number of amides is 3. The summed E-state index contributed by atoms with van der Waals surface area (Å²) < 4.78 is 18.3. The molecule has 0 radical (unpaired) electrons. The smallest absolute Gasteiger partial charge is 0.253 e. The van der Waals surface area contributed by atoms with E-state index in [-0.39, 0.29) is 29.7 Å². The van der Waals surface area contributed by atoms with Gasteiger partial charge >= 0.3 is 0 Å². The Morgan fingerprint density at radius 1 is 0.939 bits per heavy atom. The van der Waals surface area contributed by atoms with Crippen molar-refractivity contribution in [1.29, 1.82) is 0 Å². The van der Waals surface area contributed by atoms with Crippen LogP contribution in [0.3, 0.4) is 0 Å². The third kappa shape index (κ3) is 6.31. The number of nitrogens with zero attached hydrogens (tertiary/aromatic N) is 1. The van der Waals surface area contributed by atoms with Gasteiger partial charge in [0, 0.05) is 30.3 Å². The molecule has 0 unspecified atom stereocenters. The minimum absolute atomic E-state index is 0.0713. The van der Waals surface area contributed by atoms with E-state index >= 15 is 0 Å². The van der Waals surface area contributed by atoms with Gasteiger partial charge in [-0.05, 0) is 81.1 Å². The molecule has 0 bridgehead atoms. The second-order valence-electron chi connectivity index (χ2n) is 8.48. The summed E-state index contributed by atoms with van der Waals surface area (Å²) in [5, 5.41) is 5.78. The standard InChI is InChI=1S/C25H30FN3O4/c1-16(2)27-24(31)22(28-23(30)18-6-10-21(33-3)11-7-18)17-12-14-29(15-13-17)25(32)19-4-8-20(26)9-5-19/h4-11,16-17,22H,12-15H2,1-3H3,(H,27,31)(H,28,30)/t22-/m0/s1. The van der Waals surface area contributed by atoms with Crippen LogP contribution in [0.2, 0.25) is 0 Å². The summed E-state index contributed by atoms with van der Waals surface area (Å²) in [7, 11) is 1.55. The Labute approximate surface area is 193 Å². The maximum atomic E-state index is 13.2. The lowest BCUT2D eigenvalue weighted by molar-refractivity contribution is -0.125. The van der Waals surface area contributed by atoms with Gasteiger partial charge in [-0.25, -0.2) is 4.39 Å². The molecule has 0 aliphatic carbocycles. The number of carbonyl (C=O) groups excluding carboxylic acids is 3. The van der Waals surface area contributed by atoms with Gasteiger partial charge in [-0.1, -0.05) is 0 Å². The molecule has 33 heavy (non-hydrogen) atoms. The number of piperidine rings is 1. The van der Waals surface area contributed by atoms with Gasteiger partial charge in [0.05, 0.1) is 7.11 Å². The van der Waals surface area contributed by atoms with Crippen LogP contribution in [0, 0.1) is 11.7 Å². The fourth-order valence-corrected chi connectivity index (χ4v) is 3.95. The maximum Gasteiger partial charge on any atom is 0.253 e. The largest absolute Gasteiger partial charge is 0.497 e. The summed E-state index contributed by atoms with van der Waals surface area (Å²) in [5.74, 6) is -0.626. The molecular formula is C25H30FN3O4. The van der Waals surface area contributed by atoms with Crippen LogP contribution in [-0.4, -0.2) is 54.9 Å². The molecule has 1 heterocycles. The molecule has 1 saturated heterocycles. The maximum absolute atomic E-state index is 13.2. The Balaban J connectivity index is 1.68. The van der Waals surface area contributed by atoms with Crippen molar-refractivity contribution >= 4 is 17.7 Å². The Morgan fingerprint density at radius 2 is 1.52 bits per heavy atom. The van der Waals surface area contributed by atoms with Crippen LogP contribution in [0.25, 0.3) is 0 Å². The summed E-state index contributed by atoms with van der Waals surface area (Å²) in [6, 6.07) is 11.4. The second-order valence-corrected chi connectivity index (χ2v) is 8.48. The fraction of sp³-hybridized carbons (Fsp3) is 0.400. The number of rotatable bonds is 7. The van der Waals surface area contributed by atoms with E-state index < -0.39 is 11.9 Å². The predicted octanol–water partition coefficient (Wildman–Crippen LogP) is 3.01. The van der Waals surface area contributed by atoms with Crippen LogP contribution in [0.5, 0.6) is 5.75 Å². The summed E-state index contributed by atoms with van der Waals surface area (Å²) >= 11 is 0. The van der Waals surface area contributed by atoms with E-state index in [2.05, 4.69) is 10.6 Å². The molecular weight excluding hydrogens is 425 g/mol. The number of ether oxygens (including phenoxy) is 1. The molecule has 3 amide bonds. The van der Waals surface area contributed by atoms with Gasteiger partial charge in [0.2, 0.25) is 5.91 Å². The van der Waals surface area contributed by atoms with E-state index in [4.69, 9.17) is 4.74 Å². The zero-order chi connectivity index (χ0) is 24.0. The van der Waals surface area contributed by atoms with Crippen LogP contribution in [0.1, 0.15) is 47.4 Å². The number of halogens is 1. The van der Waals surface area contributed by atoms with Gasteiger partial charge in [0.15, 0.2) is 0 Å². The van der Waals surface area contributed by atoms with Crippen LogP contribution in [0.15, 0.2) is 48.5 Å². The number of methoxy groups -OCH3 is 1. The van der Waals surface area contributed by atoms with E-state index in [0.717, 1.165) is 0 Å². The predicted molar refractivity (Wildman–Crippen MR) is 123 cm³/mol. The molecule has 1 aliphatic heterocycles. The van der Waals surface area contributed by atoms with E-state index in [0.29, 0.717) is 42.8 Å². The van der Waals surface area contributed by atoms with Crippen molar-refractivity contribution < 1.29 is 23.5 Å². The number of benzene rings is 2. The molecule has 1 fully saturated rings. The summed E-state index contributed by atoms with van der Waals surface area (Å²) in [6.45, 7) is 4.63. The monoisotopic (exact) mass is 455 g/mol. The first-order valence-electron chi connectivity index (χ1n) is 11.1. The van der Waals surface area contributed by atoms with Crippen molar-refractivity contribution in [2.75, 3.05) is 20.2 Å². The van der Waals surface area contributed by atoms with Crippen LogP contribution < -0.4 is 15.4 Å². The molecule has 1 atom stereocenters. The minimum Gasteiger partial charge on any atom is -0.497 e. The van der Waals surface area contributed by atoms with Gasteiger partial charge in [-0.2, -0.15) is 0 Å². The van der Waals surface area contributed by atoms with Crippen LogP contribution in [-0.2, 0) is 4.79 Å². The van der Waals surface area contributed by atoms with Crippen LogP contribution >= 0.6 is 0 Å². The Bertz CT molecular complexity index is 968. The van der Waals surface area contributed by atoms with Gasteiger partial charge in [-0.15, -0.1) is 0 Å². The van der Waals surface area contributed by atoms with Crippen molar-refractivity contribution in [2.45, 2.75) is 38.8 Å². The SMILES string of the molecule is COc1ccc(C(=O)N[C@H](C(=O)NC(C)C)C2CCN(C(=O)c3ccc(F)cc3)CC2)cc1. The van der Waals surface area contributed by atoms with Gasteiger partial charge in [0.25, 0.3) is 11.8 Å². The van der Waals surface area contributed by atoms with E-state index in [1.54, 1.807) is 36.3 Å². The van der Waals surface area contributed by atoms with Crippen LogP contribution in [0.4, 0.5) is 4.39 Å². The van der Waals surface area contributed by atoms with Gasteiger partial charge in [-0.3, -0.25) is 14.4 Å². The third-order valence-electron chi connectivity index (χ3n) is 5.74. The molecule has 8 heteroatoms. The Morgan fingerprint density at radius 3 is 2.06 bits per heavy atom. The Kier molecular flexibility index (Phi) is 8.03. The number of hydrogen-bond donors (Lipinski definition) is 2.